The van der Waals surface area contributed by atoms with Crippen LogP contribution in [-0.2, 0) is 11.3 Å². The minimum absolute atomic E-state index is 0.102. The number of nitrogens with zero attached hydrogens (tertiary/aromatic N) is 1. The van der Waals surface area contributed by atoms with Crippen LogP contribution in [0.3, 0.4) is 0 Å². The number of carbonyl (C=O) groups excluding carboxylic acids is 1. The molecular weight excluding hydrogens is 304 g/mol. The van der Waals surface area contributed by atoms with Crippen molar-refractivity contribution >= 4 is 38.9 Å². The van der Waals surface area contributed by atoms with E-state index in [1.807, 2.05) is 35.7 Å². The second-order valence-corrected chi connectivity index (χ2v) is 6.74. The maximum absolute atomic E-state index is 12.3. The van der Waals surface area contributed by atoms with Crippen molar-refractivity contribution in [3.8, 4) is 0 Å². The largest absolute Gasteiger partial charge is 0.349 e. The van der Waals surface area contributed by atoms with Crippen LogP contribution in [-0.4, -0.2) is 9.86 Å². The van der Waals surface area contributed by atoms with Gasteiger partial charge in [0.05, 0.1) is 16.6 Å². The molecule has 1 aromatic carbocycles. The van der Waals surface area contributed by atoms with E-state index in [0.29, 0.717) is 11.9 Å². The zero-order chi connectivity index (χ0) is 14.8. The number of rotatable bonds is 4. The molecule has 3 aromatic rings. The van der Waals surface area contributed by atoms with Crippen LogP contribution >= 0.6 is 22.9 Å². The van der Waals surface area contributed by atoms with Gasteiger partial charge >= 0.3 is 0 Å². The lowest BCUT2D eigenvalue weighted by Gasteiger charge is -2.11. The van der Waals surface area contributed by atoms with Gasteiger partial charge in [0.2, 0.25) is 5.91 Å². The Balaban J connectivity index is 1.79. The number of amides is 1. The Morgan fingerprint density at radius 2 is 2.10 bits per heavy atom. The van der Waals surface area contributed by atoms with Gasteiger partial charge in [-0.1, -0.05) is 29.7 Å². The number of nitrogens with one attached hydrogen (secondary N) is 1. The SMILES string of the molecule is CC(C(=O)NCc1cccs1)n1sc2ccccc2c1=O. The predicted octanol–water partition coefficient (Wildman–Crippen LogP) is 3.00. The molecule has 0 fully saturated rings. The fourth-order valence-electron chi connectivity index (χ4n) is 2.09. The van der Waals surface area contributed by atoms with Crippen molar-refractivity contribution in [2.24, 2.45) is 0 Å². The maximum Gasteiger partial charge on any atom is 0.269 e. The maximum atomic E-state index is 12.3. The molecule has 0 aliphatic rings. The van der Waals surface area contributed by atoms with E-state index in [-0.39, 0.29) is 11.5 Å². The highest BCUT2D eigenvalue weighted by Gasteiger charge is 2.19. The first-order valence-electron chi connectivity index (χ1n) is 6.57. The molecule has 1 amide bonds. The van der Waals surface area contributed by atoms with E-state index in [0.717, 1.165) is 9.58 Å². The summed E-state index contributed by atoms with van der Waals surface area (Å²) in [6.45, 7) is 2.25. The lowest BCUT2D eigenvalue weighted by atomic mass is 10.2. The summed E-state index contributed by atoms with van der Waals surface area (Å²) < 4.78 is 2.44. The molecule has 0 bridgehead atoms. The van der Waals surface area contributed by atoms with Crippen molar-refractivity contribution < 1.29 is 4.79 Å². The van der Waals surface area contributed by atoms with Gasteiger partial charge < -0.3 is 5.32 Å². The number of carbonyl (C=O) groups is 1. The van der Waals surface area contributed by atoms with E-state index in [9.17, 15) is 9.59 Å². The van der Waals surface area contributed by atoms with Crippen molar-refractivity contribution in [2.75, 3.05) is 0 Å². The lowest BCUT2D eigenvalue weighted by Crippen LogP contribution is -2.33. The molecule has 108 valence electrons. The van der Waals surface area contributed by atoms with Gasteiger partial charge in [-0.15, -0.1) is 11.3 Å². The van der Waals surface area contributed by atoms with Crippen molar-refractivity contribution in [3.63, 3.8) is 0 Å². The standard InChI is InChI=1S/C15H14N2O2S2/c1-10(14(18)16-9-11-5-4-8-20-11)17-15(19)12-6-2-3-7-13(12)21-17/h2-8,10H,9H2,1H3,(H,16,18). The van der Waals surface area contributed by atoms with E-state index >= 15 is 0 Å². The monoisotopic (exact) mass is 318 g/mol. The summed E-state index contributed by atoms with van der Waals surface area (Å²) >= 11 is 2.93. The van der Waals surface area contributed by atoms with Crippen molar-refractivity contribution in [1.82, 2.24) is 9.27 Å². The third-order valence-corrected chi connectivity index (χ3v) is 5.37. The average molecular weight is 318 g/mol. The molecule has 1 N–H and O–H groups in total. The molecule has 1 unspecified atom stereocenters. The number of thiophene rings is 1. The van der Waals surface area contributed by atoms with Gasteiger partial charge in [-0.05, 0) is 30.5 Å². The number of hydrogen-bond acceptors (Lipinski definition) is 4. The summed E-state index contributed by atoms with van der Waals surface area (Å²) in [5.74, 6) is -0.142. The van der Waals surface area contributed by atoms with Gasteiger partial charge in [0, 0.05) is 4.88 Å². The van der Waals surface area contributed by atoms with Gasteiger partial charge in [-0.2, -0.15) is 0 Å². The highest BCUT2D eigenvalue weighted by molar-refractivity contribution is 7.14. The van der Waals surface area contributed by atoms with Crippen LogP contribution in [0.15, 0.2) is 46.6 Å². The van der Waals surface area contributed by atoms with E-state index < -0.39 is 6.04 Å². The van der Waals surface area contributed by atoms with E-state index in [2.05, 4.69) is 5.32 Å². The minimum atomic E-state index is -0.505. The zero-order valence-electron chi connectivity index (χ0n) is 11.4. The molecule has 21 heavy (non-hydrogen) atoms. The second-order valence-electron chi connectivity index (χ2n) is 4.69. The molecule has 0 saturated heterocycles. The summed E-state index contributed by atoms with van der Waals surface area (Å²) in [5.41, 5.74) is -0.102. The summed E-state index contributed by atoms with van der Waals surface area (Å²) in [5, 5.41) is 5.51. The Morgan fingerprint density at radius 3 is 2.81 bits per heavy atom. The number of fused-ring (bicyclic) bond motifs is 1. The topological polar surface area (TPSA) is 51.1 Å². The van der Waals surface area contributed by atoms with Gasteiger partial charge in [-0.25, -0.2) is 0 Å². The number of aromatic nitrogens is 1. The first-order chi connectivity index (χ1) is 10.2. The Morgan fingerprint density at radius 1 is 1.29 bits per heavy atom. The van der Waals surface area contributed by atoms with Crippen LogP contribution in [0, 0.1) is 0 Å². The normalized spacial score (nSPS) is 12.4. The third kappa shape index (κ3) is 2.77. The van der Waals surface area contributed by atoms with E-state index in [1.165, 1.54) is 15.5 Å². The zero-order valence-corrected chi connectivity index (χ0v) is 13.0. The molecular formula is C15H14N2O2S2. The molecule has 0 aliphatic heterocycles. The fourth-order valence-corrected chi connectivity index (χ4v) is 3.77. The van der Waals surface area contributed by atoms with Crippen LogP contribution in [0.5, 0.6) is 0 Å². The Hall–Kier alpha value is -1.92. The molecule has 0 aliphatic carbocycles. The molecule has 4 nitrogen and oxygen atoms in total. The smallest absolute Gasteiger partial charge is 0.269 e. The second kappa shape index (κ2) is 5.83. The van der Waals surface area contributed by atoms with Crippen molar-refractivity contribution in [3.05, 3.63) is 57.0 Å². The van der Waals surface area contributed by atoms with E-state index in [4.69, 9.17) is 0 Å². The predicted molar refractivity (Wildman–Crippen MR) is 87.0 cm³/mol. The minimum Gasteiger partial charge on any atom is -0.349 e. The van der Waals surface area contributed by atoms with Gasteiger partial charge in [0.1, 0.15) is 6.04 Å². The Bertz CT molecular complexity index is 818. The molecule has 6 heteroatoms. The number of benzene rings is 1. The highest BCUT2D eigenvalue weighted by Crippen LogP contribution is 2.19. The van der Waals surface area contributed by atoms with Crippen LogP contribution in [0.2, 0.25) is 0 Å². The summed E-state index contributed by atoms with van der Waals surface area (Å²) in [7, 11) is 0. The first kappa shape index (κ1) is 14.0. The van der Waals surface area contributed by atoms with Crippen LogP contribution in [0.25, 0.3) is 10.1 Å². The highest BCUT2D eigenvalue weighted by atomic mass is 32.1. The molecule has 0 spiro atoms. The Labute approximate surface area is 129 Å². The average Bonchev–Trinajstić information content (AvgIpc) is 3.13. The summed E-state index contributed by atoms with van der Waals surface area (Å²) in [6.07, 6.45) is 0. The molecule has 1 atom stereocenters. The summed E-state index contributed by atoms with van der Waals surface area (Å²) in [4.78, 5) is 25.6. The summed E-state index contributed by atoms with van der Waals surface area (Å²) in [6, 6.07) is 10.8. The lowest BCUT2D eigenvalue weighted by molar-refractivity contribution is -0.123. The van der Waals surface area contributed by atoms with Crippen LogP contribution < -0.4 is 10.9 Å². The van der Waals surface area contributed by atoms with Crippen molar-refractivity contribution in [2.45, 2.75) is 19.5 Å². The van der Waals surface area contributed by atoms with Gasteiger partial charge in [0.25, 0.3) is 5.56 Å². The molecule has 0 saturated carbocycles. The Kier molecular flexibility index (Phi) is 3.90. The molecule has 3 rings (SSSR count). The molecule has 0 radical (unpaired) electrons. The third-order valence-electron chi connectivity index (χ3n) is 3.26. The van der Waals surface area contributed by atoms with Crippen LogP contribution in [0.4, 0.5) is 0 Å². The van der Waals surface area contributed by atoms with E-state index in [1.54, 1.807) is 24.3 Å². The number of hydrogen-bond donors (Lipinski definition) is 1. The fraction of sp³-hybridized carbons (Fsp3) is 0.200. The van der Waals surface area contributed by atoms with Crippen LogP contribution in [0.1, 0.15) is 17.8 Å². The van der Waals surface area contributed by atoms with Crippen molar-refractivity contribution in [1.29, 1.82) is 0 Å². The van der Waals surface area contributed by atoms with Gasteiger partial charge in [-0.3, -0.25) is 13.5 Å². The first-order valence-corrected chi connectivity index (χ1v) is 8.23. The molecule has 2 aromatic heterocycles. The van der Waals surface area contributed by atoms with Gasteiger partial charge in [0.15, 0.2) is 0 Å². The molecule has 2 heterocycles. The quantitative estimate of drug-likeness (QED) is 0.804.